The van der Waals surface area contributed by atoms with Crippen LogP contribution in [0, 0.1) is 18.6 Å². The first kappa shape index (κ1) is 16.4. The highest BCUT2D eigenvalue weighted by atomic mass is 32.2. The van der Waals surface area contributed by atoms with E-state index in [1.807, 2.05) is 6.92 Å². The summed E-state index contributed by atoms with van der Waals surface area (Å²) in [5, 5.41) is 3.18. The van der Waals surface area contributed by atoms with E-state index in [0.717, 1.165) is 0 Å². The van der Waals surface area contributed by atoms with Crippen LogP contribution >= 0.6 is 11.8 Å². The second-order valence-corrected chi connectivity index (χ2v) is 7.47. The first-order valence-electron chi connectivity index (χ1n) is 6.58. The molecule has 1 atom stereocenters. The van der Waals surface area contributed by atoms with Gasteiger partial charge in [-0.3, -0.25) is 0 Å². The van der Waals surface area contributed by atoms with Crippen molar-refractivity contribution in [1.29, 1.82) is 0 Å². The van der Waals surface area contributed by atoms with E-state index >= 15 is 0 Å². The van der Waals surface area contributed by atoms with E-state index in [9.17, 15) is 8.78 Å². The van der Waals surface area contributed by atoms with Gasteiger partial charge in [-0.05, 0) is 25.1 Å². The summed E-state index contributed by atoms with van der Waals surface area (Å²) in [6.45, 7) is 10.6. The third kappa shape index (κ3) is 4.77. The minimum atomic E-state index is -0.469. The van der Waals surface area contributed by atoms with Crippen LogP contribution < -0.4 is 5.32 Å². The summed E-state index contributed by atoms with van der Waals surface area (Å²) in [6, 6.07) is 2.53. The fourth-order valence-electron chi connectivity index (χ4n) is 1.82. The van der Waals surface area contributed by atoms with Crippen LogP contribution in [-0.4, -0.2) is 17.0 Å². The van der Waals surface area contributed by atoms with Gasteiger partial charge in [0.1, 0.15) is 11.6 Å². The Balaban J connectivity index is 3.02. The van der Waals surface area contributed by atoms with Gasteiger partial charge in [0.2, 0.25) is 0 Å². The monoisotopic (exact) mass is 287 g/mol. The average Bonchev–Trinajstić information content (AvgIpc) is 2.30. The molecule has 1 nitrogen and oxygen atoms in total. The molecule has 0 aromatic heterocycles. The summed E-state index contributed by atoms with van der Waals surface area (Å²) < 4.78 is 28.2. The Kier molecular flexibility index (Phi) is 5.81. The molecule has 0 fully saturated rings. The molecule has 0 amide bonds. The summed E-state index contributed by atoms with van der Waals surface area (Å²) in [6.07, 6.45) is 0. The van der Waals surface area contributed by atoms with Gasteiger partial charge in [-0.2, -0.15) is 11.8 Å². The number of thioether (sulfide) groups is 1. The second kappa shape index (κ2) is 6.71. The summed E-state index contributed by atoms with van der Waals surface area (Å²) >= 11 is 1.70. The van der Waals surface area contributed by atoms with E-state index in [1.165, 1.54) is 12.1 Å². The zero-order valence-electron chi connectivity index (χ0n) is 12.3. The van der Waals surface area contributed by atoms with Gasteiger partial charge >= 0.3 is 0 Å². The molecule has 0 saturated heterocycles. The quantitative estimate of drug-likeness (QED) is 0.858. The molecule has 0 bridgehead atoms. The lowest BCUT2D eigenvalue weighted by atomic mass is 10.0. The maximum atomic E-state index is 14.2. The molecule has 0 aliphatic heterocycles. The van der Waals surface area contributed by atoms with Crippen molar-refractivity contribution in [1.82, 2.24) is 5.32 Å². The normalized spacial score (nSPS) is 13.6. The molecule has 1 rings (SSSR count). The Morgan fingerprint density at radius 2 is 1.89 bits per heavy atom. The summed E-state index contributed by atoms with van der Waals surface area (Å²) in [4.78, 5) is 0. The average molecular weight is 287 g/mol. The van der Waals surface area contributed by atoms with Crippen LogP contribution in [0.15, 0.2) is 12.1 Å². The van der Waals surface area contributed by atoms with E-state index in [1.54, 1.807) is 18.7 Å². The van der Waals surface area contributed by atoms with Gasteiger partial charge in [0.15, 0.2) is 0 Å². The van der Waals surface area contributed by atoms with Crippen LogP contribution in [0.25, 0.3) is 0 Å². The smallest absolute Gasteiger partial charge is 0.133 e. The van der Waals surface area contributed by atoms with Gasteiger partial charge in [-0.25, -0.2) is 8.78 Å². The van der Waals surface area contributed by atoms with E-state index < -0.39 is 11.6 Å². The number of nitrogens with one attached hydrogen (secondary N) is 1. The van der Waals surface area contributed by atoms with Crippen molar-refractivity contribution in [2.45, 2.75) is 45.4 Å². The molecule has 0 heterocycles. The van der Waals surface area contributed by atoms with Gasteiger partial charge in [0, 0.05) is 22.1 Å². The van der Waals surface area contributed by atoms with Gasteiger partial charge in [0.25, 0.3) is 0 Å². The number of hydrogen-bond acceptors (Lipinski definition) is 2. The molecule has 1 unspecified atom stereocenters. The molecule has 0 aliphatic carbocycles. The number of rotatable bonds is 5. The van der Waals surface area contributed by atoms with Crippen LogP contribution in [0.4, 0.5) is 8.78 Å². The first-order chi connectivity index (χ1) is 8.76. The van der Waals surface area contributed by atoms with Crippen molar-refractivity contribution in [3.05, 3.63) is 34.9 Å². The highest BCUT2D eigenvalue weighted by Crippen LogP contribution is 2.31. The number of halogens is 2. The third-order valence-electron chi connectivity index (χ3n) is 2.80. The van der Waals surface area contributed by atoms with Crippen LogP contribution in [0.3, 0.4) is 0 Å². The minimum absolute atomic E-state index is 0.0739. The molecule has 0 aliphatic rings. The van der Waals surface area contributed by atoms with Crippen molar-refractivity contribution < 1.29 is 8.78 Å². The molecular weight excluding hydrogens is 264 g/mol. The Morgan fingerprint density at radius 1 is 1.26 bits per heavy atom. The van der Waals surface area contributed by atoms with Crippen LogP contribution in [0.1, 0.15) is 44.9 Å². The molecule has 4 heteroatoms. The Morgan fingerprint density at radius 3 is 2.42 bits per heavy atom. The fourth-order valence-corrected chi connectivity index (χ4v) is 2.77. The van der Waals surface area contributed by atoms with Crippen molar-refractivity contribution in [2.75, 3.05) is 12.3 Å². The summed E-state index contributed by atoms with van der Waals surface area (Å²) in [5.41, 5.74) is 0.652. The lowest BCUT2D eigenvalue weighted by molar-refractivity contribution is 0.495. The van der Waals surface area contributed by atoms with Gasteiger partial charge in [-0.1, -0.05) is 33.8 Å². The van der Waals surface area contributed by atoms with E-state index in [-0.39, 0.29) is 16.4 Å². The zero-order valence-corrected chi connectivity index (χ0v) is 13.1. The third-order valence-corrected chi connectivity index (χ3v) is 4.17. The maximum Gasteiger partial charge on any atom is 0.133 e. The van der Waals surface area contributed by atoms with Crippen molar-refractivity contribution in [3.63, 3.8) is 0 Å². The Bertz CT molecular complexity index is 427. The molecule has 0 spiro atoms. The van der Waals surface area contributed by atoms with E-state index in [4.69, 9.17) is 0 Å². The molecule has 1 aromatic rings. The fraction of sp³-hybridized carbons (Fsp3) is 0.600. The number of aryl methyl sites for hydroxylation is 1. The highest BCUT2D eigenvalue weighted by Gasteiger charge is 2.23. The molecule has 0 saturated carbocycles. The van der Waals surface area contributed by atoms with E-state index in [2.05, 4.69) is 26.1 Å². The molecule has 19 heavy (non-hydrogen) atoms. The topological polar surface area (TPSA) is 12.0 Å². The minimum Gasteiger partial charge on any atom is -0.309 e. The van der Waals surface area contributed by atoms with Crippen LogP contribution in [0.2, 0.25) is 0 Å². The van der Waals surface area contributed by atoms with Crippen LogP contribution in [-0.2, 0) is 0 Å². The lowest BCUT2D eigenvalue weighted by Gasteiger charge is -2.24. The molecule has 108 valence electrons. The molecule has 1 aromatic carbocycles. The van der Waals surface area contributed by atoms with Crippen LogP contribution in [0.5, 0.6) is 0 Å². The summed E-state index contributed by atoms with van der Waals surface area (Å²) in [7, 11) is 0. The predicted octanol–water partition coefficient (Wildman–Crippen LogP) is 4.46. The number of benzene rings is 1. The van der Waals surface area contributed by atoms with Gasteiger partial charge < -0.3 is 5.32 Å². The number of hydrogen-bond donors (Lipinski definition) is 1. The highest BCUT2D eigenvalue weighted by molar-refractivity contribution is 8.00. The van der Waals surface area contributed by atoms with Crippen molar-refractivity contribution in [2.24, 2.45) is 0 Å². The standard InChI is InChI=1S/C15H23F2NS/c1-6-18-12(9-19-15(3,4)5)13-11(16)8-7-10(2)14(13)17/h7-8,12,18H,6,9H2,1-5H3. The maximum absolute atomic E-state index is 14.2. The van der Waals surface area contributed by atoms with Gasteiger partial charge in [-0.15, -0.1) is 0 Å². The van der Waals surface area contributed by atoms with Crippen molar-refractivity contribution in [3.8, 4) is 0 Å². The molecule has 0 radical (unpaired) electrons. The Labute approximate surface area is 119 Å². The SMILES string of the molecule is CCNC(CSC(C)(C)C)c1c(F)ccc(C)c1F. The zero-order chi connectivity index (χ0) is 14.6. The lowest BCUT2D eigenvalue weighted by Crippen LogP contribution is -2.27. The predicted molar refractivity (Wildman–Crippen MR) is 79.7 cm³/mol. The van der Waals surface area contributed by atoms with Gasteiger partial charge in [0.05, 0.1) is 0 Å². The first-order valence-corrected chi connectivity index (χ1v) is 7.56. The second-order valence-electron chi connectivity index (χ2n) is 5.63. The molecular formula is C15H23F2NS. The molecule has 1 N–H and O–H groups in total. The Hall–Kier alpha value is -0.610. The van der Waals surface area contributed by atoms with E-state index in [0.29, 0.717) is 17.9 Å². The largest absolute Gasteiger partial charge is 0.309 e. The summed E-state index contributed by atoms with van der Waals surface area (Å²) in [5.74, 6) is -0.252. The van der Waals surface area contributed by atoms with Crippen molar-refractivity contribution >= 4 is 11.8 Å².